The van der Waals surface area contributed by atoms with E-state index in [0.29, 0.717) is 45.3 Å². The van der Waals surface area contributed by atoms with Crippen LogP contribution in [0.2, 0.25) is 0 Å². The van der Waals surface area contributed by atoms with Gasteiger partial charge in [-0.1, -0.05) is 26.7 Å². The van der Waals surface area contributed by atoms with Crippen molar-refractivity contribution < 1.29 is 24.6 Å². The lowest BCUT2D eigenvalue weighted by Crippen LogP contribution is -2.44. The predicted molar refractivity (Wildman–Crippen MR) is 84.4 cm³/mol. The molecule has 0 unspecified atom stereocenters. The highest BCUT2D eigenvalue weighted by atomic mass is 31.2. The van der Waals surface area contributed by atoms with Crippen molar-refractivity contribution in [1.82, 2.24) is 4.90 Å². The molecule has 0 amide bonds. The van der Waals surface area contributed by atoms with Crippen molar-refractivity contribution in [3.63, 3.8) is 0 Å². The molecule has 7 heteroatoms. The fourth-order valence-electron chi connectivity index (χ4n) is 2.87. The molecule has 128 valence electrons. The van der Waals surface area contributed by atoms with E-state index in [1.54, 1.807) is 0 Å². The van der Waals surface area contributed by atoms with Crippen LogP contribution in [0.15, 0.2) is 0 Å². The molecular weight excluding hydrogens is 293 g/mol. The van der Waals surface area contributed by atoms with Crippen molar-refractivity contribution in [2.75, 3.05) is 32.8 Å². The molecule has 0 rings (SSSR count). The Morgan fingerprint density at radius 2 is 1.38 bits per heavy atom. The number of hydrogen-bond donors (Lipinski definition) is 4. The summed E-state index contributed by atoms with van der Waals surface area (Å²) in [6, 6.07) is 0. The second-order valence-corrected chi connectivity index (χ2v) is 7.74. The van der Waals surface area contributed by atoms with Gasteiger partial charge in [-0.2, -0.15) is 0 Å². The first-order chi connectivity index (χ1) is 9.86. The molecule has 0 aliphatic carbocycles. The number of hydrogen-bond acceptors (Lipinski definition) is 4. The van der Waals surface area contributed by atoms with Gasteiger partial charge in [0.15, 0.2) is 0 Å². The molecule has 0 spiro atoms. The van der Waals surface area contributed by atoms with Crippen LogP contribution in [0, 0.1) is 0 Å². The van der Waals surface area contributed by atoms with Gasteiger partial charge in [-0.3, -0.25) is 4.57 Å². The summed E-state index contributed by atoms with van der Waals surface area (Å²) in [6.45, 7) is 5.48. The first kappa shape index (κ1) is 21.0. The van der Waals surface area contributed by atoms with Crippen LogP contribution < -0.4 is 0 Å². The minimum Gasteiger partial charge on any atom is -0.396 e. The van der Waals surface area contributed by atoms with Gasteiger partial charge >= 0.3 is 7.60 Å². The fraction of sp³-hybridized carbons (Fsp3) is 1.00. The van der Waals surface area contributed by atoms with Gasteiger partial charge in [0.05, 0.1) is 5.16 Å². The Hall–Kier alpha value is 0.0300. The average Bonchev–Trinajstić information content (AvgIpc) is 2.41. The molecule has 0 radical (unpaired) electrons. The molecule has 0 aromatic carbocycles. The smallest absolute Gasteiger partial charge is 0.332 e. The number of aliphatic hydroxyl groups excluding tert-OH is 2. The quantitative estimate of drug-likeness (QED) is 0.384. The molecule has 0 atom stereocenters. The second kappa shape index (κ2) is 10.7. The summed E-state index contributed by atoms with van der Waals surface area (Å²) in [5.74, 6) is 0. The summed E-state index contributed by atoms with van der Waals surface area (Å²) in [5.41, 5.74) is 0. The Kier molecular flexibility index (Phi) is 10.7. The maximum atomic E-state index is 12.1. The maximum Gasteiger partial charge on any atom is 0.332 e. The molecule has 0 aliphatic heterocycles. The van der Waals surface area contributed by atoms with Crippen molar-refractivity contribution in [3.05, 3.63) is 0 Å². The number of rotatable bonds is 13. The van der Waals surface area contributed by atoms with E-state index >= 15 is 0 Å². The number of aliphatic hydroxyl groups is 2. The van der Waals surface area contributed by atoms with E-state index in [4.69, 9.17) is 10.2 Å². The summed E-state index contributed by atoms with van der Waals surface area (Å²) < 4.78 is 12.1. The third kappa shape index (κ3) is 7.22. The predicted octanol–water partition coefficient (Wildman–Crippen LogP) is 1.57. The Balaban J connectivity index is 5.12. The molecule has 0 fully saturated rings. The van der Waals surface area contributed by atoms with Gasteiger partial charge in [-0.25, -0.2) is 0 Å². The monoisotopic (exact) mass is 325 g/mol. The molecule has 0 aromatic rings. The molecule has 0 aromatic heterocycles. The van der Waals surface area contributed by atoms with E-state index in [1.165, 1.54) is 0 Å². The molecule has 0 saturated carbocycles. The lowest BCUT2D eigenvalue weighted by atomic mass is 9.96. The molecular formula is C14H32NO5P. The van der Waals surface area contributed by atoms with Crippen molar-refractivity contribution >= 4 is 7.60 Å². The average molecular weight is 325 g/mol. The maximum absolute atomic E-state index is 12.1. The van der Waals surface area contributed by atoms with E-state index in [0.717, 1.165) is 12.8 Å². The Morgan fingerprint density at radius 1 is 0.952 bits per heavy atom. The fourth-order valence-corrected chi connectivity index (χ4v) is 4.29. The zero-order chi connectivity index (χ0) is 16.4. The third-order valence-electron chi connectivity index (χ3n) is 3.83. The highest BCUT2D eigenvalue weighted by Crippen LogP contribution is 2.56. The van der Waals surface area contributed by atoms with E-state index < -0.39 is 12.8 Å². The molecule has 21 heavy (non-hydrogen) atoms. The minimum atomic E-state index is -4.22. The highest BCUT2D eigenvalue weighted by Gasteiger charge is 2.46. The van der Waals surface area contributed by atoms with Gasteiger partial charge in [0, 0.05) is 32.8 Å². The van der Waals surface area contributed by atoms with Gasteiger partial charge in [0.1, 0.15) is 0 Å². The molecule has 0 bridgehead atoms. The van der Waals surface area contributed by atoms with Crippen molar-refractivity contribution in [2.45, 2.75) is 57.5 Å². The molecule has 0 saturated heterocycles. The Morgan fingerprint density at radius 3 is 1.67 bits per heavy atom. The Bertz CT molecular complexity index is 294. The zero-order valence-corrected chi connectivity index (χ0v) is 14.3. The third-order valence-corrected chi connectivity index (χ3v) is 5.66. The summed E-state index contributed by atoms with van der Waals surface area (Å²) in [5, 5.41) is 16.9. The Labute approximate surface area is 128 Å². The lowest BCUT2D eigenvalue weighted by molar-refractivity contribution is 0.170. The van der Waals surface area contributed by atoms with Crippen LogP contribution in [0.5, 0.6) is 0 Å². The van der Waals surface area contributed by atoms with Crippen LogP contribution in [0.4, 0.5) is 0 Å². The summed E-state index contributed by atoms with van der Waals surface area (Å²) in [4.78, 5) is 21.7. The van der Waals surface area contributed by atoms with Crippen LogP contribution in [0.25, 0.3) is 0 Å². The van der Waals surface area contributed by atoms with E-state index in [-0.39, 0.29) is 13.2 Å². The van der Waals surface area contributed by atoms with E-state index in [9.17, 15) is 14.4 Å². The summed E-state index contributed by atoms with van der Waals surface area (Å²) in [7, 11) is -4.22. The molecule has 0 aliphatic rings. The van der Waals surface area contributed by atoms with Gasteiger partial charge < -0.3 is 24.9 Å². The lowest BCUT2D eigenvalue weighted by Gasteiger charge is -2.38. The van der Waals surface area contributed by atoms with E-state index in [2.05, 4.69) is 0 Å². The molecule has 4 N–H and O–H groups in total. The standard InChI is InChI=1S/C14H32NO5P/c1-3-7-14(8-4-2,21(18,19)20)13-15(9-5-11-16)10-6-12-17/h16-17H,3-13H2,1-2H3,(H2,18,19,20). The number of nitrogens with zero attached hydrogens (tertiary/aromatic N) is 1. The SMILES string of the molecule is CCCC(CCC)(CN(CCCO)CCCO)P(=O)(O)O. The van der Waals surface area contributed by atoms with Gasteiger partial charge in [0.2, 0.25) is 0 Å². The summed E-state index contributed by atoms with van der Waals surface area (Å²) in [6.07, 6.45) is 3.56. The second-order valence-electron chi connectivity index (χ2n) is 5.70. The van der Waals surface area contributed by atoms with Gasteiger partial charge in [0.25, 0.3) is 0 Å². The minimum absolute atomic E-state index is 0.0556. The largest absolute Gasteiger partial charge is 0.396 e. The first-order valence-corrected chi connectivity index (χ1v) is 9.47. The van der Waals surface area contributed by atoms with Crippen molar-refractivity contribution in [1.29, 1.82) is 0 Å². The molecule has 6 nitrogen and oxygen atoms in total. The zero-order valence-electron chi connectivity index (χ0n) is 13.4. The van der Waals surface area contributed by atoms with Crippen LogP contribution in [-0.2, 0) is 4.57 Å². The van der Waals surface area contributed by atoms with Crippen LogP contribution in [0.1, 0.15) is 52.4 Å². The van der Waals surface area contributed by atoms with Gasteiger partial charge in [-0.15, -0.1) is 0 Å². The van der Waals surface area contributed by atoms with E-state index in [1.807, 2.05) is 18.7 Å². The topological polar surface area (TPSA) is 101 Å². The molecule has 0 heterocycles. The van der Waals surface area contributed by atoms with Crippen LogP contribution >= 0.6 is 7.60 Å². The van der Waals surface area contributed by atoms with Crippen molar-refractivity contribution in [2.24, 2.45) is 0 Å². The van der Waals surface area contributed by atoms with Crippen LogP contribution in [-0.4, -0.2) is 62.9 Å². The normalized spacial score (nSPS) is 13.1. The van der Waals surface area contributed by atoms with Crippen molar-refractivity contribution in [3.8, 4) is 0 Å². The van der Waals surface area contributed by atoms with Gasteiger partial charge in [-0.05, 0) is 25.7 Å². The highest BCUT2D eigenvalue weighted by molar-refractivity contribution is 7.53. The van der Waals surface area contributed by atoms with Crippen LogP contribution in [0.3, 0.4) is 0 Å². The first-order valence-electron chi connectivity index (χ1n) is 7.86. The summed E-state index contributed by atoms with van der Waals surface area (Å²) >= 11 is 0.